The van der Waals surface area contributed by atoms with Gasteiger partial charge in [-0.1, -0.05) is 0 Å². The summed E-state index contributed by atoms with van der Waals surface area (Å²) in [4.78, 5) is 8.30. The van der Waals surface area contributed by atoms with Crippen molar-refractivity contribution in [1.82, 2.24) is 30.0 Å². The summed E-state index contributed by atoms with van der Waals surface area (Å²) in [7, 11) is 2.12. The molecule has 4 rings (SSSR count). The average molecular weight is 347 g/mol. The molecule has 1 aliphatic carbocycles. The Hall–Kier alpha value is -1.31. The van der Waals surface area contributed by atoms with Crippen molar-refractivity contribution in [2.24, 2.45) is 13.0 Å². The lowest BCUT2D eigenvalue weighted by molar-refractivity contribution is 0.214. The second kappa shape index (κ2) is 6.90. The maximum absolute atomic E-state index is 4.49. The van der Waals surface area contributed by atoms with Gasteiger partial charge in [0.15, 0.2) is 0 Å². The number of nitrogens with zero attached hydrogens (tertiary/aromatic N) is 5. The molecule has 0 bridgehead atoms. The van der Waals surface area contributed by atoms with E-state index < -0.39 is 0 Å². The Labute approximate surface area is 147 Å². The first-order valence-electron chi connectivity index (χ1n) is 8.91. The molecule has 2 aromatic heterocycles. The molecule has 1 N–H and O–H groups in total. The lowest BCUT2D eigenvalue weighted by Crippen LogP contribution is -2.31. The third kappa shape index (κ3) is 3.53. The van der Waals surface area contributed by atoms with E-state index >= 15 is 0 Å². The molecule has 130 valence electrons. The third-order valence-electron chi connectivity index (χ3n) is 5.20. The van der Waals surface area contributed by atoms with Crippen LogP contribution in [0.1, 0.15) is 47.4 Å². The largest absolute Gasteiger partial charge is 0.317 e. The molecule has 1 atom stereocenters. The van der Waals surface area contributed by atoms with Gasteiger partial charge in [0.1, 0.15) is 11.6 Å². The van der Waals surface area contributed by atoms with Crippen LogP contribution in [0.4, 0.5) is 0 Å². The molecular weight excluding hydrogens is 320 g/mol. The number of hydrogen-bond acceptors (Lipinski definition) is 6. The molecule has 1 aliphatic heterocycles. The Balaban J connectivity index is 1.49. The molecule has 7 heteroatoms. The first-order chi connectivity index (χ1) is 11.7. The maximum atomic E-state index is 4.49. The van der Waals surface area contributed by atoms with Crippen LogP contribution in [0.3, 0.4) is 0 Å². The van der Waals surface area contributed by atoms with Crippen LogP contribution in [0, 0.1) is 12.8 Å². The van der Waals surface area contributed by atoms with E-state index in [9.17, 15) is 0 Å². The highest BCUT2D eigenvalue weighted by Crippen LogP contribution is 2.38. The van der Waals surface area contributed by atoms with E-state index in [4.69, 9.17) is 0 Å². The predicted octanol–water partition coefficient (Wildman–Crippen LogP) is 2.07. The van der Waals surface area contributed by atoms with Crippen LogP contribution in [-0.4, -0.2) is 44.3 Å². The molecule has 1 saturated heterocycles. The van der Waals surface area contributed by atoms with Gasteiger partial charge in [-0.25, -0.2) is 4.98 Å². The zero-order valence-electron chi connectivity index (χ0n) is 14.5. The topological polar surface area (TPSA) is 58.9 Å². The van der Waals surface area contributed by atoms with Gasteiger partial charge in [-0.3, -0.25) is 4.90 Å². The van der Waals surface area contributed by atoms with Crippen molar-refractivity contribution in [3.05, 3.63) is 27.7 Å². The van der Waals surface area contributed by atoms with E-state index in [1.807, 2.05) is 5.51 Å². The highest BCUT2D eigenvalue weighted by molar-refractivity contribution is 7.09. The van der Waals surface area contributed by atoms with Gasteiger partial charge in [-0.05, 0) is 45.2 Å². The van der Waals surface area contributed by atoms with Gasteiger partial charge >= 0.3 is 0 Å². The van der Waals surface area contributed by atoms with Gasteiger partial charge in [0.2, 0.25) is 0 Å². The van der Waals surface area contributed by atoms with Crippen LogP contribution >= 0.6 is 11.3 Å². The number of aryl methyl sites for hydroxylation is 1. The first kappa shape index (κ1) is 16.2. The normalized spacial score (nSPS) is 21.0. The molecule has 0 radical (unpaired) electrons. The lowest BCUT2D eigenvalue weighted by Gasteiger charge is -2.24. The summed E-state index contributed by atoms with van der Waals surface area (Å²) in [6, 6.07) is 0. The van der Waals surface area contributed by atoms with E-state index in [2.05, 4.69) is 43.9 Å². The van der Waals surface area contributed by atoms with Crippen LogP contribution in [0.2, 0.25) is 0 Å². The predicted molar refractivity (Wildman–Crippen MR) is 94.9 cm³/mol. The van der Waals surface area contributed by atoms with Crippen molar-refractivity contribution in [3.8, 4) is 0 Å². The summed E-state index contributed by atoms with van der Waals surface area (Å²) < 4.78 is 2.22. The Kier molecular flexibility index (Phi) is 4.65. The van der Waals surface area contributed by atoms with Gasteiger partial charge in [0.05, 0.1) is 17.7 Å². The molecule has 0 aromatic carbocycles. The lowest BCUT2D eigenvalue weighted by atomic mass is 10.1. The molecule has 2 fully saturated rings. The standard InChI is InChI=1S/C17H26N6S/c1-12-15(24-11-19-12)9-23(8-13-5-6-18-7-13)10-16-20-21-17(22(16)2)14-3-4-14/h11,13-14,18H,3-10H2,1-2H3/t13-/m0/s1. The monoisotopic (exact) mass is 346 g/mol. The summed E-state index contributed by atoms with van der Waals surface area (Å²) in [5, 5.41) is 12.4. The van der Waals surface area contributed by atoms with Crippen molar-refractivity contribution in [1.29, 1.82) is 0 Å². The van der Waals surface area contributed by atoms with Gasteiger partial charge < -0.3 is 9.88 Å². The number of aromatic nitrogens is 4. The minimum atomic E-state index is 0.646. The second-order valence-electron chi connectivity index (χ2n) is 7.20. The molecule has 2 aliphatic rings. The van der Waals surface area contributed by atoms with Crippen molar-refractivity contribution < 1.29 is 0 Å². The van der Waals surface area contributed by atoms with Gasteiger partial charge in [0.25, 0.3) is 0 Å². The fourth-order valence-corrected chi connectivity index (χ4v) is 4.33. The molecule has 1 saturated carbocycles. The molecule has 24 heavy (non-hydrogen) atoms. The van der Waals surface area contributed by atoms with Crippen molar-refractivity contribution >= 4 is 11.3 Å². The molecule has 3 heterocycles. The number of rotatable bonds is 7. The molecule has 0 amide bonds. The molecular formula is C17H26N6S. The number of thiazole rings is 1. The van der Waals surface area contributed by atoms with Crippen LogP contribution in [0.25, 0.3) is 0 Å². The molecule has 2 aromatic rings. The van der Waals surface area contributed by atoms with Crippen LogP contribution in [-0.2, 0) is 20.1 Å². The summed E-state index contributed by atoms with van der Waals surface area (Å²) in [5.41, 5.74) is 3.11. The van der Waals surface area contributed by atoms with E-state index in [-0.39, 0.29) is 0 Å². The van der Waals surface area contributed by atoms with Crippen molar-refractivity contribution in [2.45, 2.75) is 45.2 Å². The summed E-state index contributed by atoms with van der Waals surface area (Å²) >= 11 is 1.76. The van der Waals surface area contributed by atoms with Crippen LogP contribution in [0.15, 0.2) is 5.51 Å². The number of nitrogens with one attached hydrogen (secondary N) is 1. The second-order valence-corrected chi connectivity index (χ2v) is 8.14. The summed E-state index contributed by atoms with van der Waals surface area (Å²) in [6.45, 7) is 7.31. The smallest absolute Gasteiger partial charge is 0.146 e. The highest BCUT2D eigenvalue weighted by Gasteiger charge is 2.30. The SMILES string of the molecule is Cc1ncsc1CN(Cc1nnc(C2CC2)n1C)C[C@H]1CCNC1. The third-order valence-corrected chi connectivity index (χ3v) is 6.12. The maximum Gasteiger partial charge on any atom is 0.146 e. The molecule has 6 nitrogen and oxygen atoms in total. The van der Waals surface area contributed by atoms with E-state index in [1.54, 1.807) is 11.3 Å². The Morgan fingerprint density at radius 2 is 2.17 bits per heavy atom. The van der Waals surface area contributed by atoms with Gasteiger partial charge in [0, 0.05) is 30.9 Å². The van der Waals surface area contributed by atoms with Gasteiger partial charge in [-0.2, -0.15) is 0 Å². The quantitative estimate of drug-likeness (QED) is 0.832. The Morgan fingerprint density at radius 3 is 2.83 bits per heavy atom. The van der Waals surface area contributed by atoms with E-state index in [1.165, 1.54) is 30.0 Å². The van der Waals surface area contributed by atoms with E-state index in [0.29, 0.717) is 5.92 Å². The summed E-state index contributed by atoms with van der Waals surface area (Å²) in [6.07, 6.45) is 3.80. The minimum absolute atomic E-state index is 0.646. The minimum Gasteiger partial charge on any atom is -0.317 e. The molecule has 0 spiro atoms. The summed E-state index contributed by atoms with van der Waals surface area (Å²) in [5.74, 6) is 3.63. The van der Waals surface area contributed by atoms with Crippen LogP contribution < -0.4 is 5.32 Å². The van der Waals surface area contributed by atoms with E-state index in [0.717, 1.165) is 50.2 Å². The Morgan fingerprint density at radius 1 is 1.29 bits per heavy atom. The molecule has 0 unspecified atom stereocenters. The van der Waals surface area contributed by atoms with Crippen LogP contribution in [0.5, 0.6) is 0 Å². The highest BCUT2D eigenvalue weighted by atomic mass is 32.1. The zero-order chi connectivity index (χ0) is 16.5. The fraction of sp³-hybridized carbons (Fsp3) is 0.706. The van der Waals surface area contributed by atoms with Gasteiger partial charge in [-0.15, -0.1) is 21.5 Å². The number of hydrogen-bond donors (Lipinski definition) is 1. The first-order valence-corrected chi connectivity index (χ1v) is 9.79. The average Bonchev–Trinajstić information content (AvgIpc) is 2.94. The van der Waals surface area contributed by atoms with Crippen molar-refractivity contribution in [3.63, 3.8) is 0 Å². The fourth-order valence-electron chi connectivity index (χ4n) is 3.51. The van der Waals surface area contributed by atoms with Crippen molar-refractivity contribution in [2.75, 3.05) is 19.6 Å². The Bertz CT molecular complexity index is 683. The zero-order valence-corrected chi connectivity index (χ0v) is 15.3.